The van der Waals surface area contributed by atoms with Gasteiger partial charge in [-0.15, -0.1) is 11.8 Å². The van der Waals surface area contributed by atoms with Crippen LogP contribution in [0, 0.1) is 50.4 Å². The van der Waals surface area contributed by atoms with Crippen LogP contribution in [0.15, 0.2) is 48.5 Å². The third-order valence-electron chi connectivity index (χ3n) is 8.10. The Kier molecular flexibility index (Phi) is 12.2. The average Bonchev–Trinajstić information content (AvgIpc) is 3.65. The van der Waals surface area contributed by atoms with Gasteiger partial charge in [-0.3, -0.25) is 0 Å². The average molecular weight is 837 g/mol. The van der Waals surface area contributed by atoms with E-state index in [4.69, 9.17) is 0 Å². The molecule has 0 heterocycles. The van der Waals surface area contributed by atoms with Crippen molar-refractivity contribution in [3.8, 4) is 0 Å². The van der Waals surface area contributed by atoms with Crippen LogP contribution in [0.2, 0.25) is 0 Å². The van der Waals surface area contributed by atoms with Gasteiger partial charge in [-0.25, -0.2) is 0 Å². The van der Waals surface area contributed by atoms with Crippen molar-refractivity contribution in [2.75, 3.05) is 0 Å². The second-order valence-corrected chi connectivity index (χ2v) is 9.82. The van der Waals surface area contributed by atoms with E-state index in [0.717, 1.165) is 35.5 Å². The number of benzene rings is 2. The van der Waals surface area contributed by atoms with E-state index >= 15 is 0 Å². The van der Waals surface area contributed by atoms with Crippen molar-refractivity contribution in [3.63, 3.8) is 0 Å². The van der Waals surface area contributed by atoms with Crippen molar-refractivity contribution in [3.05, 3.63) is 83.6 Å². The fourth-order valence-electron chi connectivity index (χ4n) is 6.64. The standard InChI is InChI=1S/2C14H17.2HI.2Pd/c2*1-10-4-2-3-5-13(10)14-9-11-6-7-12(14)8-11;;;;/h2*2-5,9,11-12,14H,6-8H2,1H3;2*1H;;/q2*-1;;;2*+2/p-2/t2*11-,12+,14+;;;;/m11..../s1. The Labute approximate surface area is 239 Å². The van der Waals surface area contributed by atoms with Gasteiger partial charge in [-0.05, 0) is 13.8 Å². The maximum atomic E-state index is 2.72. The zero-order valence-corrected chi connectivity index (χ0v) is 26.3. The first-order valence-corrected chi connectivity index (χ1v) is 21.0. The van der Waals surface area contributed by atoms with Gasteiger partial charge in [0, 0.05) is 0 Å². The summed E-state index contributed by atoms with van der Waals surface area (Å²) in [5.41, 5.74) is 6.11. The van der Waals surface area contributed by atoms with Gasteiger partial charge in [0.2, 0.25) is 0 Å². The van der Waals surface area contributed by atoms with E-state index < -0.39 is 0 Å². The fourth-order valence-corrected chi connectivity index (χ4v) is 6.64. The molecule has 0 aromatic heterocycles. The molecule has 0 spiro atoms. The minimum atomic E-state index is 0.773. The molecule has 4 bridgehead atoms. The quantitative estimate of drug-likeness (QED) is 0.161. The van der Waals surface area contributed by atoms with Crippen LogP contribution in [0.4, 0.5) is 0 Å². The number of rotatable bonds is 2. The second-order valence-electron chi connectivity index (χ2n) is 9.82. The van der Waals surface area contributed by atoms with Crippen LogP contribution in [-0.2, 0) is 31.2 Å². The molecule has 0 nitrogen and oxygen atoms in total. The molecule has 0 N–H and O–H groups in total. The number of hydrogen-bond acceptors (Lipinski definition) is 0. The molecular weight excluding hydrogens is 803 g/mol. The predicted octanol–water partition coefficient (Wildman–Crippen LogP) is 9.19. The Bertz CT molecular complexity index is 770. The first-order chi connectivity index (χ1) is 15.7. The molecule has 0 unspecified atom stereocenters. The van der Waals surface area contributed by atoms with Crippen molar-refractivity contribution in [2.24, 2.45) is 23.7 Å². The van der Waals surface area contributed by atoms with Gasteiger partial charge in [-0.2, -0.15) is 11.8 Å². The summed E-state index contributed by atoms with van der Waals surface area (Å²) in [5.74, 6) is 5.33. The second kappa shape index (κ2) is 14.1. The summed E-state index contributed by atoms with van der Waals surface area (Å²) in [5, 5.41) is 0. The zero-order valence-electron chi connectivity index (χ0n) is 18.9. The van der Waals surface area contributed by atoms with Gasteiger partial charge in [0.15, 0.2) is 0 Å². The summed E-state index contributed by atoms with van der Waals surface area (Å²) in [4.78, 5) is 0. The van der Waals surface area contributed by atoms with Crippen LogP contribution >= 0.6 is 39.0 Å². The van der Waals surface area contributed by atoms with E-state index in [0.29, 0.717) is 0 Å². The molecule has 6 atom stereocenters. The molecule has 32 heavy (non-hydrogen) atoms. The summed E-state index contributed by atoms with van der Waals surface area (Å²) in [6.45, 7) is 4.49. The van der Waals surface area contributed by atoms with Crippen LogP contribution < -0.4 is 0 Å². The molecule has 4 saturated carbocycles. The molecule has 0 aliphatic heterocycles. The molecular formula is C28H34I2Pd2. The van der Waals surface area contributed by atoms with Crippen molar-refractivity contribution < 1.29 is 31.2 Å². The van der Waals surface area contributed by atoms with Crippen LogP contribution in [0.1, 0.15) is 72.6 Å². The molecule has 2 aromatic carbocycles. The molecule has 4 fully saturated rings. The molecule has 4 aliphatic carbocycles. The fraction of sp³-hybridized carbons (Fsp3) is 0.500. The summed E-state index contributed by atoms with van der Waals surface area (Å²) in [6, 6.07) is 17.8. The summed E-state index contributed by atoms with van der Waals surface area (Å²) >= 11 is 9.44. The van der Waals surface area contributed by atoms with E-state index in [1.54, 1.807) is 11.1 Å². The molecule has 6 rings (SSSR count). The Hall–Kier alpha value is 1.22. The first kappa shape index (κ1) is 27.8. The zero-order chi connectivity index (χ0) is 23.1. The summed E-state index contributed by atoms with van der Waals surface area (Å²) in [7, 11) is 0. The molecule has 0 amide bonds. The van der Waals surface area contributed by atoms with E-state index in [1.165, 1.54) is 49.7 Å². The topological polar surface area (TPSA) is 0 Å². The van der Waals surface area contributed by atoms with Crippen molar-refractivity contribution >= 4 is 39.0 Å². The molecule has 0 radical (unpaired) electrons. The maximum absolute atomic E-state index is 2.72. The first-order valence-electron chi connectivity index (χ1n) is 11.7. The van der Waals surface area contributed by atoms with Crippen LogP contribution in [0.5, 0.6) is 0 Å². The summed E-state index contributed by atoms with van der Waals surface area (Å²) in [6.07, 6.45) is 13.9. The van der Waals surface area contributed by atoms with Crippen LogP contribution in [0.25, 0.3) is 0 Å². The van der Waals surface area contributed by atoms with E-state index in [2.05, 4.69) is 106 Å². The number of halogens is 2. The minimum absolute atomic E-state index is 0.773. The van der Waals surface area contributed by atoms with Gasteiger partial charge in [0.1, 0.15) is 0 Å². The van der Waals surface area contributed by atoms with E-state index in [9.17, 15) is 0 Å². The number of hydrogen-bond donors (Lipinski definition) is 0. The SMILES string of the molecule is Cc1ccccc1[C@H]1[CH-][C@@H]2CC[C@H]1C2.Cc1ccccc1[C@H]1[CH-][C@@H]2CC[C@H]1C2.[Pd+][I].[Pd+][I]. The Morgan fingerprint density at radius 2 is 1.00 bits per heavy atom. The normalized spacial score (nSPS) is 31.1. The molecule has 180 valence electrons. The van der Waals surface area contributed by atoms with Crippen molar-refractivity contribution in [1.82, 2.24) is 0 Å². The van der Waals surface area contributed by atoms with Crippen LogP contribution in [0.3, 0.4) is 0 Å². The molecule has 2 aromatic rings. The molecule has 4 heteroatoms. The number of aryl methyl sites for hydroxylation is 2. The van der Waals surface area contributed by atoms with Gasteiger partial charge in [0.25, 0.3) is 0 Å². The third-order valence-corrected chi connectivity index (χ3v) is 8.10. The van der Waals surface area contributed by atoms with Gasteiger partial charge in [0.05, 0.1) is 0 Å². The van der Waals surface area contributed by atoms with E-state index in [-0.39, 0.29) is 0 Å². The summed E-state index contributed by atoms with van der Waals surface area (Å²) < 4.78 is 0. The molecule has 4 aliphatic rings. The van der Waals surface area contributed by atoms with Crippen molar-refractivity contribution in [2.45, 2.75) is 64.2 Å². The Balaban J connectivity index is 0.000000157. The number of fused-ring (bicyclic) bond motifs is 4. The van der Waals surface area contributed by atoms with Gasteiger partial charge >= 0.3 is 70.2 Å². The van der Waals surface area contributed by atoms with Crippen LogP contribution in [-0.4, -0.2) is 0 Å². The van der Waals surface area contributed by atoms with E-state index in [1.807, 2.05) is 39.0 Å². The monoisotopic (exact) mass is 836 g/mol. The molecule has 0 saturated heterocycles. The van der Waals surface area contributed by atoms with Crippen molar-refractivity contribution in [1.29, 1.82) is 0 Å². The van der Waals surface area contributed by atoms with Gasteiger partial charge in [-0.1, -0.05) is 121 Å². The predicted molar refractivity (Wildman–Crippen MR) is 146 cm³/mol. The van der Waals surface area contributed by atoms with Gasteiger partial charge < -0.3 is 12.8 Å². The Morgan fingerprint density at radius 1 is 0.625 bits per heavy atom. The Morgan fingerprint density at radius 3 is 1.28 bits per heavy atom. The third kappa shape index (κ3) is 6.70.